The quantitative estimate of drug-likeness (QED) is 0.853. The van der Waals surface area contributed by atoms with Crippen molar-refractivity contribution in [2.75, 3.05) is 7.11 Å². The Labute approximate surface area is 126 Å². The van der Waals surface area contributed by atoms with Gasteiger partial charge >= 0.3 is 12.1 Å². The summed E-state index contributed by atoms with van der Waals surface area (Å²) in [7, 11) is 1.28. The van der Waals surface area contributed by atoms with Crippen molar-refractivity contribution in [3.05, 3.63) is 28.0 Å². The van der Waals surface area contributed by atoms with Gasteiger partial charge in [-0.15, -0.1) is 0 Å². The summed E-state index contributed by atoms with van der Waals surface area (Å²) >= 11 is 3.31. The van der Waals surface area contributed by atoms with Crippen LogP contribution in [0.3, 0.4) is 0 Å². The number of carbonyl (C=O) groups is 2. The first-order chi connectivity index (χ1) is 9.23. The lowest BCUT2D eigenvalue weighted by Gasteiger charge is -2.19. The van der Waals surface area contributed by atoms with E-state index in [1.165, 1.54) is 13.2 Å². The molecule has 0 aromatic carbocycles. The third-order valence-electron chi connectivity index (χ3n) is 2.11. The van der Waals surface area contributed by atoms with Crippen LogP contribution in [0.4, 0.5) is 4.79 Å². The number of hydrogen-bond acceptors (Lipinski definition) is 5. The lowest BCUT2D eigenvalue weighted by Crippen LogP contribution is -2.32. The number of rotatable bonds is 3. The number of methoxy groups -OCH3 is 1. The molecule has 0 radical (unpaired) electrons. The highest BCUT2D eigenvalue weighted by Gasteiger charge is 2.17. The van der Waals surface area contributed by atoms with E-state index in [2.05, 4.69) is 31.0 Å². The number of nitrogens with zero attached hydrogens (tertiary/aromatic N) is 1. The van der Waals surface area contributed by atoms with Crippen LogP contribution in [0, 0.1) is 0 Å². The van der Waals surface area contributed by atoms with Crippen LogP contribution in [0.1, 0.15) is 37.0 Å². The van der Waals surface area contributed by atoms with Gasteiger partial charge in [-0.3, -0.25) is 0 Å². The summed E-state index contributed by atoms with van der Waals surface area (Å²) in [5.41, 5.74) is 0.123. The van der Waals surface area contributed by atoms with Crippen LogP contribution >= 0.6 is 15.9 Å². The van der Waals surface area contributed by atoms with Crippen molar-refractivity contribution < 1.29 is 19.1 Å². The van der Waals surface area contributed by atoms with Crippen molar-refractivity contribution in [2.24, 2.45) is 0 Å². The number of amides is 1. The third kappa shape index (κ3) is 5.16. The average molecular weight is 345 g/mol. The van der Waals surface area contributed by atoms with Gasteiger partial charge in [-0.25, -0.2) is 14.6 Å². The number of carbonyl (C=O) groups excluding carboxylic acids is 2. The summed E-state index contributed by atoms with van der Waals surface area (Å²) in [6.45, 7) is 5.47. The van der Waals surface area contributed by atoms with Crippen molar-refractivity contribution in [2.45, 2.75) is 32.9 Å². The molecule has 0 fully saturated rings. The van der Waals surface area contributed by atoms with Crippen LogP contribution < -0.4 is 5.32 Å². The Balaban J connectivity index is 2.72. The number of esters is 1. The van der Waals surface area contributed by atoms with E-state index in [0.717, 1.165) is 0 Å². The second kappa shape index (κ2) is 6.69. The van der Waals surface area contributed by atoms with Crippen molar-refractivity contribution in [1.82, 2.24) is 10.3 Å². The fourth-order valence-corrected chi connectivity index (χ4v) is 1.66. The predicted octanol–water partition coefficient (Wildman–Crippen LogP) is 2.66. The fourth-order valence-electron chi connectivity index (χ4n) is 1.30. The summed E-state index contributed by atoms with van der Waals surface area (Å²) in [5.74, 6) is -0.531. The average Bonchev–Trinajstić information content (AvgIpc) is 2.34. The first-order valence-electron chi connectivity index (χ1n) is 5.93. The number of nitrogens with one attached hydrogen (secondary N) is 1. The van der Waals surface area contributed by atoms with E-state index in [4.69, 9.17) is 4.74 Å². The zero-order chi connectivity index (χ0) is 15.3. The molecule has 1 aromatic heterocycles. The smallest absolute Gasteiger partial charge is 0.407 e. The van der Waals surface area contributed by atoms with Gasteiger partial charge in [0.25, 0.3) is 0 Å². The van der Waals surface area contributed by atoms with Crippen LogP contribution in [0.5, 0.6) is 0 Å². The highest BCUT2D eigenvalue weighted by Crippen LogP contribution is 2.16. The zero-order valence-electron chi connectivity index (χ0n) is 11.8. The predicted molar refractivity (Wildman–Crippen MR) is 76.4 cm³/mol. The Kier molecular flexibility index (Phi) is 5.50. The van der Waals surface area contributed by atoms with Crippen LogP contribution in [0.2, 0.25) is 0 Å². The topological polar surface area (TPSA) is 77.5 Å². The number of alkyl carbamates (subject to hydrolysis) is 1. The molecule has 0 bridgehead atoms. The van der Waals surface area contributed by atoms with E-state index in [-0.39, 0.29) is 12.2 Å². The molecule has 7 heteroatoms. The molecule has 1 aromatic rings. The van der Waals surface area contributed by atoms with Crippen molar-refractivity contribution in [1.29, 1.82) is 0 Å². The molecule has 0 atom stereocenters. The minimum atomic E-state index is -0.567. The molecule has 20 heavy (non-hydrogen) atoms. The summed E-state index contributed by atoms with van der Waals surface area (Å²) in [5, 5.41) is 2.57. The second-order valence-electron chi connectivity index (χ2n) is 4.97. The van der Waals surface area contributed by atoms with E-state index in [9.17, 15) is 9.59 Å². The number of hydrogen-bond donors (Lipinski definition) is 1. The molecule has 1 amide bonds. The lowest BCUT2D eigenvalue weighted by molar-refractivity contribution is 0.0522. The highest BCUT2D eigenvalue weighted by molar-refractivity contribution is 9.10. The maximum atomic E-state index is 11.6. The minimum Gasteiger partial charge on any atom is -0.464 e. The molecule has 0 aliphatic rings. The molecule has 0 aliphatic heterocycles. The Morgan fingerprint density at radius 3 is 2.55 bits per heavy atom. The Morgan fingerprint density at radius 2 is 2.00 bits per heavy atom. The van der Waals surface area contributed by atoms with Gasteiger partial charge in [-0.05, 0) is 48.8 Å². The van der Waals surface area contributed by atoms with Gasteiger partial charge < -0.3 is 14.8 Å². The van der Waals surface area contributed by atoms with Gasteiger partial charge in [0.05, 0.1) is 19.3 Å². The monoisotopic (exact) mass is 344 g/mol. The lowest BCUT2D eigenvalue weighted by atomic mass is 10.2. The van der Waals surface area contributed by atoms with E-state index in [1.807, 2.05) is 0 Å². The van der Waals surface area contributed by atoms with E-state index in [1.54, 1.807) is 26.8 Å². The molecule has 0 spiro atoms. The van der Waals surface area contributed by atoms with Gasteiger partial charge in [0.1, 0.15) is 11.3 Å². The van der Waals surface area contributed by atoms with Gasteiger partial charge in [0.15, 0.2) is 0 Å². The van der Waals surface area contributed by atoms with Crippen LogP contribution in [-0.4, -0.2) is 29.8 Å². The Hall–Kier alpha value is -1.63. The molecule has 0 aliphatic carbocycles. The summed E-state index contributed by atoms with van der Waals surface area (Å²) in [4.78, 5) is 27.1. The van der Waals surface area contributed by atoms with Gasteiger partial charge in [-0.1, -0.05) is 0 Å². The largest absolute Gasteiger partial charge is 0.464 e. The minimum absolute atomic E-state index is 0.139. The maximum Gasteiger partial charge on any atom is 0.407 e. The van der Waals surface area contributed by atoms with Crippen LogP contribution in [0.25, 0.3) is 0 Å². The molecule has 0 saturated carbocycles. The van der Waals surface area contributed by atoms with E-state index < -0.39 is 17.7 Å². The number of ether oxygens (including phenoxy) is 2. The van der Waals surface area contributed by atoms with Crippen molar-refractivity contribution in [3.63, 3.8) is 0 Å². The molecular formula is C13H17BrN2O4. The van der Waals surface area contributed by atoms with Gasteiger partial charge in [0, 0.05) is 4.47 Å². The standard InChI is InChI=1S/C13H17BrN2O4/c1-13(2,3)20-12(18)15-7-10-8(14)5-6-9(16-10)11(17)19-4/h5-6H,7H2,1-4H3,(H,15,18). The number of halogens is 1. The molecule has 110 valence electrons. The third-order valence-corrected chi connectivity index (χ3v) is 2.83. The molecule has 0 saturated heterocycles. The summed E-state index contributed by atoms with van der Waals surface area (Å²) in [6.07, 6.45) is -0.547. The first-order valence-corrected chi connectivity index (χ1v) is 6.73. The Bertz CT molecular complexity index is 512. The van der Waals surface area contributed by atoms with Crippen molar-refractivity contribution >= 4 is 28.0 Å². The van der Waals surface area contributed by atoms with Gasteiger partial charge in [0.2, 0.25) is 0 Å². The second-order valence-corrected chi connectivity index (χ2v) is 5.83. The maximum absolute atomic E-state index is 11.6. The number of pyridine rings is 1. The zero-order valence-corrected chi connectivity index (χ0v) is 13.4. The normalized spacial score (nSPS) is 10.8. The van der Waals surface area contributed by atoms with Crippen LogP contribution in [-0.2, 0) is 16.0 Å². The molecule has 0 unspecified atom stereocenters. The molecule has 1 N–H and O–H groups in total. The van der Waals surface area contributed by atoms with E-state index in [0.29, 0.717) is 10.2 Å². The number of aromatic nitrogens is 1. The van der Waals surface area contributed by atoms with E-state index >= 15 is 0 Å². The fraction of sp³-hybridized carbons (Fsp3) is 0.462. The summed E-state index contributed by atoms with van der Waals surface area (Å²) < 4.78 is 10.4. The Morgan fingerprint density at radius 1 is 1.35 bits per heavy atom. The molecule has 1 heterocycles. The van der Waals surface area contributed by atoms with Crippen LogP contribution in [0.15, 0.2) is 16.6 Å². The summed E-state index contributed by atoms with van der Waals surface area (Å²) in [6, 6.07) is 3.21. The molecule has 1 rings (SSSR count). The molecule has 6 nitrogen and oxygen atoms in total. The molecular weight excluding hydrogens is 328 g/mol. The van der Waals surface area contributed by atoms with Gasteiger partial charge in [-0.2, -0.15) is 0 Å². The first kappa shape index (κ1) is 16.4. The van der Waals surface area contributed by atoms with Crippen molar-refractivity contribution in [3.8, 4) is 0 Å². The highest BCUT2D eigenvalue weighted by atomic mass is 79.9. The SMILES string of the molecule is COC(=O)c1ccc(Br)c(CNC(=O)OC(C)(C)C)n1.